The van der Waals surface area contributed by atoms with Crippen LogP contribution in [0.25, 0.3) is 0 Å². The summed E-state index contributed by atoms with van der Waals surface area (Å²) < 4.78 is 11.4. The number of esters is 1. The van der Waals surface area contributed by atoms with Gasteiger partial charge in [-0.2, -0.15) is 5.26 Å². The molecule has 0 amide bonds. The number of carbonyl (C=O) groups is 1. The van der Waals surface area contributed by atoms with Gasteiger partial charge in [-0.05, 0) is 49.0 Å². The molecule has 0 unspecified atom stereocenters. The minimum absolute atomic E-state index is 0.119. The highest BCUT2D eigenvalue weighted by atomic mass is 16.5. The molecule has 0 bridgehead atoms. The molecule has 2 saturated heterocycles. The van der Waals surface area contributed by atoms with Gasteiger partial charge >= 0.3 is 5.97 Å². The van der Waals surface area contributed by atoms with Crippen LogP contribution >= 0.6 is 0 Å². The molecule has 0 aromatic heterocycles. The molecule has 2 heterocycles. The summed E-state index contributed by atoms with van der Waals surface area (Å²) in [5, 5.41) is 10.6. The van der Waals surface area contributed by atoms with Gasteiger partial charge in [-0.1, -0.05) is 91.0 Å². The maximum Gasteiger partial charge on any atom is 0.316 e. The molecule has 40 heavy (non-hydrogen) atoms. The average molecular weight is 538 g/mol. The van der Waals surface area contributed by atoms with Crippen molar-refractivity contribution >= 4 is 5.97 Å². The van der Waals surface area contributed by atoms with E-state index >= 15 is 0 Å². The van der Waals surface area contributed by atoms with E-state index in [1.54, 1.807) is 0 Å². The Morgan fingerprint density at radius 1 is 0.800 bits per heavy atom. The fourth-order valence-electron chi connectivity index (χ4n) is 6.17. The first-order valence-corrected chi connectivity index (χ1v) is 14.4. The summed E-state index contributed by atoms with van der Waals surface area (Å²) in [6.07, 6.45) is 2.08. The first kappa shape index (κ1) is 28.0. The van der Waals surface area contributed by atoms with Crippen LogP contribution in [0.4, 0.5) is 0 Å². The van der Waals surface area contributed by atoms with Crippen LogP contribution in [0.1, 0.15) is 36.0 Å². The molecule has 0 spiro atoms. The Morgan fingerprint density at radius 3 is 1.88 bits per heavy atom. The first-order chi connectivity index (χ1) is 19.7. The molecule has 3 aromatic carbocycles. The monoisotopic (exact) mass is 537 g/mol. The Kier molecular flexibility index (Phi) is 9.28. The second kappa shape index (κ2) is 13.2. The molecule has 0 saturated carbocycles. The molecule has 0 N–H and O–H groups in total. The Bertz CT molecular complexity index is 1210. The molecule has 5 rings (SSSR count). The molecule has 0 aliphatic carbocycles. The summed E-state index contributed by atoms with van der Waals surface area (Å²) in [7, 11) is 0. The van der Waals surface area contributed by atoms with Gasteiger partial charge in [0.05, 0.1) is 24.7 Å². The number of benzene rings is 3. The third-order valence-electron chi connectivity index (χ3n) is 8.70. The van der Waals surface area contributed by atoms with E-state index in [-0.39, 0.29) is 5.97 Å². The molecule has 2 aliphatic rings. The number of hydrogen-bond donors (Lipinski definition) is 0. The van der Waals surface area contributed by atoms with Gasteiger partial charge in [-0.15, -0.1) is 0 Å². The van der Waals surface area contributed by atoms with Crippen LogP contribution in [0.5, 0.6) is 0 Å². The van der Waals surface area contributed by atoms with Crippen molar-refractivity contribution < 1.29 is 14.3 Å². The molecular weight excluding hydrogens is 498 g/mol. The molecule has 0 radical (unpaired) electrons. The van der Waals surface area contributed by atoms with E-state index in [1.165, 1.54) is 0 Å². The summed E-state index contributed by atoms with van der Waals surface area (Å²) in [4.78, 5) is 18.4. The zero-order chi connectivity index (χ0) is 27.7. The third kappa shape index (κ3) is 6.13. The Balaban J connectivity index is 1.27. The predicted octanol–water partition coefficient (Wildman–Crippen LogP) is 4.80. The van der Waals surface area contributed by atoms with Crippen LogP contribution in [0.2, 0.25) is 0 Å². The van der Waals surface area contributed by atoms with Crippen molar-refractivity contribution in [1.82, 2.24) is 9.80 Å². The van der Waals surface area contributed by atoms with Crippen LogP contribution < -0.4 is 0 Å². The van der Waals surface area contributed by atoms with Gasteiger partial charge in [0.2, 0.25) is 0 Å². The van der Waals surface area contributed by atoms with Crippen molar-refractivity contribution in [3.05, 3.63) is 108 Å². The third-order valence-corrected chi connectivity index (χ3v) is 8.70. The zero-order valence-electron chi connectivity index (χ0n) is 23.2. The number of nitrogens with zero attached hydrogens (tertiary/aromatic N) is 3. The summed E-state index contributed by atoms with van der Waals surface area (Å²) in [5.41, 5.74) is 1.69. The van der Waals surface area contributed by atoms with Gasteiger partial charge in [0.15, 0.2) is 0 Å². The van der Waals surface area contributed by atoms with E-state index in [2.05, 4.69) is 52.3 Å². The summed E-state index contributed by atoms with van der Waals surface area (Å²) in [6, 6.07) is 33.0. The van der Waals surface area contributed by atoms with Gasteiger partial charge in [0, 0.05) is 26.2 Å². The van der Waals surface area contributed by atoms with Gasteiger partial charge in [0.25, 0.3) is 0 Å². The Morgan fingerprint density at radius 2 is 1.32 bits per heavy atom. The zero-order valence-corrected chi connectivity index (χ0v) is 23.2. The number of carbonyl (C=O) groups excluding carboxylic acids is 1. The number of nitriles is 1. The molecule has 6 nitrogen and oxygen atoms in total. The van der Waals surface area contributed by atoms with Crippen LogP contribution in [-0.4, -0.2) is 74.9 Å². The second-order valence-corrected chi connectivity index (χ2v) is 10.9. The second-order valence-electron chi connectivity index (χ2n) is 10.9. The highest BCUT2D eigenvalue weighted by Crippen LogP contribution is 2.39. The van der Waals surface area contributed by atoms with Crippen LogP contribution in [0.15, 0.2) is 91.0 Å². The van der Waals surface area contributed by atoms with Crippen molar-refractivity contribution in [3.63, 3.8) is 0 Å². The lowest BCUT2D eigenvalue weighted by Gasteiger charge is -2.41. The molecule has 2 fully saturated rings. The van der Waals surface area contributed by atoms with E-state index in [0.29, 0.717) is 25.9 Å². The van der Waals surface area contributed by atoms with Crippen LogP contribution in [0, 0.1) is 11.3 Å². The number of piperidine rings is 1. The van der Waals surface area contributed by atoms with E-state index in [1.807, 2.05) is 54.6 Å². The lowest BCUT2D eigenvalue weighted by atomic mass is 9.71. The number of likely N-dealkylation sites (tertiary alicyclic amines) is 1. The summed E-state index contributed by atoms with van der Waals surface area (Å²) in [5.74, 6) is -0.119. The standard InChI is InChI=1S/C34H39N3O3/c35-28-34(30-12-6-2-7-13-30,31-14-8-3-9-15-31)18-21-36-19-16-33(17-20-36,29-10-4-1-5-11-29)32(38)40-27-24-37-22-25-39-26-23-37/h1-15H,16-27H2. The molecule has 6 heteroatoms. The van der Waals surface area contributed by atoms with E-state index in [9.17, 15) is 10.1 Å². The highest BCUT2D eigenvalue weighted by Gasteiger charge is 2.45. The predicted molar refractivity (Wildman–Crippen MR) is 156 cm³/mol. The van der Waals surface area contributed by atoms with Crippen molar-refractivity contribution in [2.45, 2.75) is 30.1 Å². The molecule has 2 aliphatic heterocycles. The quantitative estimate of drug-likeness (QED) is 0.347. The van der Waals surface area contributed by atoms with Crippen molar-refractivity contribution in [2.24, 2.45) is 0 Å². The average Bonchev–Trinajstić information content (AvgIpc) is 3.04. The van der Waals surface area contributed by atoms with E-state index < -0.39 is 10.8 Å². The number of morpholine rings is 1. The lowest BCUT2D eigenvalue weighted by Crippen LogP contribution is -2.49. The van der Waals surface area contributed by atoms with Crippen LogP contribution in [-0.2, 0) is 25.1 Å². The summed E-state index contributed by atoms with van der Waals surface area (Å²) >= 11 is 0. The number of ether oxygens (including phenoxy) is 2. The largest absolute Gasteiger partial charge is 0.464 e. The van der Waals surface area contributed by atoms with Crippen molar-refractivity contribution in [3.8, 4) is 6.07 Å². The van der Waals surface area contributed by atoms with E-state index in [0.717, 1.165) is 69.2 Å². The highest BCUT2D eigenvalue weighted by molar-refractivity contribution is 5.83. The minimum Gasteiger partial charge on any atom is -0.464 e. The topological polar surface area (TPSA) is 65.8 Å². The number of rotatable bonds is 10. The van der Waals surface area contributed by atoms with Crippen molar-refractivity contribution in [1.29, 1.82) is 5.26 Å². The van der Waals surface area contributed by atoms with E-state index in [4.69, 9.17) is 9.47 Å². The fraction of sp³-hybridized carbons (Fsp3) is 0.412. The summed E-state index contributed by atoms with van der Waals surface area (Å²) in [6.45, 7) is 6.69. The van der Waals surface area contributed by atoms with Gasteiger partial charge in [-0.3, -0.25) is 9.69 Å². The molecule has 208 valence electrons. The van der Waals surface area contributed by atoms with Crippen LogP contribution in [0.3, 0.4) is 0 Å². The molecule has 0 atom stereocenters. The SMILES string of the molecule is N#CC(CCN1CCC(C(=O)OCCN2CCOCC2)(c2ccccc2)CC1)(c1ccccc1)c1ccccc1. The minimum atomic E-state index is -0.727. The smallest absolute Gasteiger partial charge is 0.316 e. The maximum absolute atomic E-state index is 13.7. The van der Waals surface area contributed by atoms with Gasteiger partial charge < -0.3 is 14.4 Å². The van der Waals surface area contributed by atoms with Gasteiger partial charge in [-0.25, -0.2) is 0 Å². The molecule has 3 aromatic rings. The normalized spacial score (nSPS) is 18.1. The molecular formula is C34H39N3O3. The fourth-order valence-corrected chi connectivity index (χ4v) is 6.17. The number of hydrogen-bond acceptors (Lipinski definition) is 6. The Hall–Kier alpha value is -3.50. The first-order valence-electron chi connectivity index (χ1n) is 14.4. The Labute approximate surface area is 238 Å². The van der Waals surface area contributed by atoms with Gasteiger partial charge in [0.1, 0.15) is 12.0 Å². The maximum atomic E-state index is 13.7. The lowest BCUT2D eigenvalue weighted by molar-refractivity contribution is -0.153. The van der Waals surface area contributed by atoms with Crippen molar-refractivity contribution in [2.75, 3.05) is 59.1 Å².